The highest BCUT2D eigenvalue weighted by Gasteiger charge is 2.36. The molecule has 0 aromatic carbocycles. The number of pyridine rings is 1. The van der Waals surface area contributed by atoms with Gasteiger partial charge in [-0.2, -0.15) is 13.2 Å². The largest absolute Gasteiger partial charge is 0.465 e. The number of amides is 1. The summed E-state index contributed by atoms with van der Waals surface area (Å²) in [4.78, 5) is 28.3. The van der Waals surface area contributed by atoms with Crippen LogP contribution in [0.3, 0.4) is 0 Å². The molecular formula is C17H16ClF3N2O4. The molecule has 0 aliphatic carbocycles. The van der Waals surface area contributed by atoms with Crippen LogP contribution in [0.2, 0.25) is 5.02 Å². The number of furan rings is 1. The second-order valence-corrected chi connectivity index (χ2v) is 5.91. The Kier molecular flexibility index (Phi) is 6.48. The number of alkyl halides is 3. The van der Waals surface area contributed by atoms with Crippen LogP contribution >= 0.6 is 11.6 Å². The molecule has 2 aromatic heterocycles. The molecule has 2 rings (SSSR count). The van der Waals surface area contributed by atoms with Crippen LogP contribution < -0.4 is 5.32 Å². The minimum atomic E-state index is -4.66. The standard InChI is InChI=1S/C17H16ClF3N2O4/c1-3-26-16(25)13(15(24)23-8-11-5-4-9(2)27-11)14-12(18)6-10(7-22-14)17(19,20)21/h4-7,13H,3,8H2,1-2H3,(H,23,24)/t13-/m0/s1. The first-order valence-electron chi connectivity index (χ1n) is 7.85. The zero-order valence-corrected chi connectivity index (χ0v) is 15.1. The van der Waals surface area contributed by atoms with Gasteiger partial charge in [-0.25, -0.2) is 0 Å². The number of carbonyl (C=O) groups is 2. The van der Waals surface area contributed by atoms with Crippen LogP contribution in [0.5, 0.6) is 0 Å². The molecule has 10 heteroatoms. The minimum Gasteiger partial charge on any atom is -0.465 e. The van der Waals surface area contributed by atoms with E-state index in [1.54, 1.807) is 19.1 Å². The van der Waals surface area contributed by atoms with Crippen molar-refractivity contribution in [3.05, 3.63) is 52.2 Å². The minimum absolute atomic E-state index is 0.0270. The molecule has 6 nitrogen and oxygen atoms in total. The van der Waals surface area contributed by atoms with Gasteiger partial charge in [0.15, 0.2) is 5.92 Å². The van der Waals surface area contributed by atoms with E-state index in [1.165, 1.54) is 6.92 Å². The molecule has 0 saturated carbocycles. The van der Waals surface area contributed by atoms with E-state index in [0.717, 1.165) is 0 Å². The number of nitrogens with one attached hydrogen (secondary N) is 1. The van der Waals surface area contributed by atoms with E-state index in [1.807, 2.05) is 0 Å². The third-order valence-electron chi connectivity index (χ3n) is 3.49. The average molecular weight is 405 g/mol. The van der Waals surface area contributed by atoms with E-state index in [-0.39, 0.29) is 18.8 Å². The Hall–Kier alpha value is -2.55. The van der Waals surface area contributed by atoms with Gasteiger partial charge in [-0.1, -0.05) is 11.6 Å². The van der Waals surface area contributed by atoms with Crippen LogP contribution in [-0.4, -0.2) is 23.5 Å². The Balaban J connectivity index is 2.28. The van der Waals surface area contributed by atoms with Gasteiger partial charge in [0.25, 0.3) is 0 Å². The number of nitrogens with zero attached hydrogens (tertiary/aromatic N) is 1. The molecule has 146 valence electrons. The molecule has 1 N–H and O–H groups in total. The SMILES string of the molecule is CCOC(=O)[C@H](C(=O)NCc1ccc(C)o1)c1ncc(C(F)(F)F)cc1Cl. The number of hydrogen-bond acceptors (Lipinski definition) is 5. The fourth-order valence-corrected chi connectivity index (χ4v) is 2.52. The number of carbonyl (C=O) groups excluding carboxylic acids is 2. The van der Waals surface area contributed by atoms with Crippen LogP contribution in [0.25, 0.3) is 0 Å². The molecule has 0 aliphatic heterocycles. The number of aromatic nitrogens is 1. The number of hydrogen-bond donors (Lipinski definition) is 1. The van der Waals surface area contributed by atoms with E-state index < -0.39 is 34.6 Å². The molecule has 2 heterocycles. The summed E-state index contributed by atoms with van der Waals surface area (Å²) in [5.74, 6) is -2.34. The average Bonchev–Trinajstić information content (AvgIpc) is 2.99. The maximum Gasteiger partial charge on any atom is 0.417 e. The monoisotopic (exact) mass is 404 g/mol. The lowest BCUT2D eigenvalue weighted by Gasteiger charge is -2.17. The first-order valence-corrected chi connectivity index (χ1v) is 8.23. The fourth-order valence-electron chi connectivity index (χ4n) is 2.24. The predicted molar refractivity (Wildman–Crippen MR) is 88.9 cm³/mol. The summed E-state index contributed by atoms with van der Waals surface area (Å²) in [6, 6.07) is 3.94. The van der Waals surface area contributed by atoms with Gasteiger partial charge in [0.1, 0.15) is 11.5 Å². The van der Waals surface area contributed by atoms with Crippen molar-refractivity contribution in [1.82, 2.24) is 10.3 Å². The molecular weight excluding hydrogens is 389 g/mol. The van der Waals surface area contributed by atoms with Crippen LogP contribution in [0, 0.1) is 6.92 Å². The van der Waals surface area contributed by atoms with Crippen molar-refractivity contribution in [2.24, 2.45) is 0 Å². The van der Waals surface area contributed by atoms with Gasteiger partial charge in [-0.05, 0) is 32.0 Å². The lowest BCUT2D eigenvalue weighted by molar-refractivity contribution is -0.148. The summed E-state index contributed by atoms with van der Waals surface area (Å²) in [5, 5.41) is 2.00. The van der Waals surface area contributed by atoms with E-state index >= 15 is 0 Å². The predicted octanol–water partition coefficient (Wildman–Crippen LogP) is 3.62. The van der Waals surface area contributed by atoms with Gasteiger partial charge in [0.2, 0.25) is 5.91 Å². The van der Waals surface area contributed by atoms with Crippen LogP contribution in [-0.2, 0) is 27.0 Å². The van der Waals surface area contributed by atoms with Crippen molar-refractivity contribution in [2.45, 2.75) is 32.5 Å². The lowest BCUT2D eigenvalue weighted by atomic mass is 10.0. The van der Waals surface area contributed by atoms with Crippen molar-refractivity contribution in [1.29, 1.82) is 0 Å². The Morgan fingerprint density at radius 1 is 1.37 bits per heavy atom. The summed E-state index contributed by atoms with van der Waals surface area (Å²) in [7, 11) is 0. The summed E-state index contributed by atoms with van der Waals surface area (Å²) in [6.45, 7) is 3.19. The topological polar surface area (TPSA) is 81.4 Å². The molecule has 0 aliphatic rings. The van der Waals surface area contributed by atoms with Crippen molar-refractivity contribution < 1.29 is 31.9 Å². The molecule has 2 aromatic rings. The Bertz CT molecular complexity index is 836. The Morgan fingerprint density at radius 2 is 2.07 bits per heavy atom. The first kappa shape index (κ1) is 20.8. The zero-order chi connectivity index (χ0) is 20.2. The molecule has 0 spiro atoms. The highest BCUT2D eigenvalue weighted by molar-refractivity contribution is 6.32. The Labute approximate surface area is 157 Å². The first-order chi connectivity index (χ1) is 12.6. The van der Waals surface area contributed by atoms with E-state index in [4.69, 9.17) is 20.8 Å². The summed E-state index contributed by atoms with van der Waals surface area (Å²) >= 11 is 5.87. The Morgan fingerprint density at radius 3 is 2.59 bits per heavy atom. The lowest BCUT2D eigenvalue weighted by Crippen LogP contribution is -2.35. The van der Waals surface area contributed by atoms with Crippen molar-refractivity contribution in [3.8, 4) is 0 Å². The number of rotatable bonds is 6. The van der Waals surface area contributed by atoms with Crippen LogP contribution in [0.1, 0.15) is 35.6 Å². The third-order valence-corrected chi connectivity index (χ3v) is 3.79. The summed E-state index contributed by atoms with van der Waals surface area (Å²) < 4.78 is 48.5. The number of ether oxygens (including phenoxy) is 1. The molecule has 27 heavy (non-hydrogen) atoms. The highest BCUT2D eigenvalue weighted by atomic mass is 35.5. The number of aryl methyl sites for hydroxylation is 1. The summed E-state index contributed by atoms with van der Waals surface area (Å²) in [6.07, 6.45) is -4.15. The maximum absolute atomic E-state index is 12.8. The molecule has 0 radical (unpaired) electrons. The molecule has 1 atom stereocenters. The smallest absolute Gasteiger partial charge is 0.417 e. The van der Waals surface area contributed by atoms with Crippen molar-refractivity contribution in [3.63, 3.8) is 0 Å². The second-order valence-electron chi connectivity index (χ2n) is 5.50. The van der Waals surface area contributed by atoms with E-state index in [2.05, 4.69) is 10.3 Å². The third kappa shape index (κ3) is 5.22. The van der Waals surface area contributed by atoms with Gasteiger partial charge >= 0.3 is 12.1 Å². The molecule has 0 bridgehead atoms. The molecule has 0 fully saturated rings. The van der Waals surface area contributed by atoms with Gasteiger partial charge in [-0.15, -0.1) is 0 Å². The summed E-state index contributed by atoms with van der Waals surface area (Å²) in [5.41, 5.74) is -1.42. The van der Waals surface area contributed by atoms with Crippen LogP contribution in [0.4, 0.5) is 13.2 Å². The molecule has 1 amide bonds. The molecule has 0 unspecified atom stereocenters. The maximum atomic E-state index is 12.8. The highest BCUT2D eigenvalue weighted by Crippen LogP contribution is 2.33. The quantitative estimate of drug-likeness (QED) is 0.587. The molecule has 0 saturated heterocycles. The number of halogens is 4. The van der Waals surface area contributed by atoms with Gasteiger partial charge in [0, 0.05) is 6.20 Å². The van der Waals surface area contributed by atoms with Gasteiger partial charge in [-0.3, -0.25) is 14.6 Å². The number of esters is 1. The second kappa shape index (κ2) is 8.43. The van der Waals surface area contributed by atoms with E-state index in [9.17, 15) is 22.8 Å². The van der Waals surface area contributed by atoms with E-state index in [0.29, 0.717) is 23.8 Å². The zero-order valence-electron chi connectivity index (χ0n) is 14.4. The van der Waals surface area contributed by atoms with Gasteiger partial charge in [0.05, 0.1) is 29.4 Å². The van der Waals surface area contributed by atoms with Crippen molar-refractivity contribution in [2.75, 3.05) is 6.61 Å². The normalized spacial score (nSPS) is 12.5. The fraction of sp³-hybridized carbons (Fsp3) is 0.353. The van der Waals surface area contributed by atoms with Crippen molar-refractivity contribution >= 4 is 23.5 Å². The van der Waals surface area contributed by atoms with Crippen LogP contribution in [0.15, 0.2) is 28.8 Å². The van der Waals surface area contributed by atoms with Gasteiger partial charge < -0.3 is 14.5 Å².